The van der Waals surface area contributed by atoms with Gasteiger partial charge in [0.25, 0.3) is 0 Å². The summed E-state index contributed by atoms with van der Waals surface area (Å²) in [6.45, 7) is 0.747. The third-order valence-electron chi connectivity index (χ3n) is 4.14. The summed E-state index contributed by atoms with van der Waals surface area (Å²) in [6.07, 6.45) is 0.913. The quantitative estimate of drug-likeness (QED) is 0.773. The first-order valence-corrected chi connectivity index (χ1v) is 7.22. The zero-order chi connectivity index (χ0) is 14.2. The molecule has 3 aromatic rings. The summed E-state index contributed by atoms with van der Waals surface area (Å²) >= 11 is 0. The molecule has 3 heteroatoms. The predicted molar refractivity (Wildman–Crippen MR) is 82.8 cm³/mol. The number of para-hydroxylation sites is 1. The van der Waals surface area contributed by atoms with Crippen molar-refractivity contribution in [2.45, 2.75) is 12.5 Å². The van der Waals surface area contributed by atoms with E-state index >= 15 is 0 Å². The lowest BCUT2D eigenvalue weighted by atomic mass is 9.97. The van der Waals surface area contributed by atoms with Crippen LogP contribution in [0.4, 0.5) is 0 Å². The maximum Gasteiger partial charge on any atom is 0.123 e. The smallest absolute Gasteiger partial charge is 0.123 e. The van der Waals surface area contributed by atoms with Gasteiger partial charge in [-0.05, 0) is 35.7 Å². The van der Waals surface area contributed by atoms with Crippen molar-refractivity contribution in [1.82, 2.24) is 4.98 Å². The number of aromatic nitrogens is 1. The van der Waals surface area contributed by atoms with Gasteiger partial charge in [-0.3, -0.25) is 0 Å². The zero-order valence-corrected chi connectivity index (χ0v) is 11.9. The van der Waals surface area contributed by atoms with Crippen LogP contribution in [0, 0.1) is 0 Å². The lowest BCUT2D eigenvalue weighted by molar-refractivity contribution is 0.0676. The van der Waals surface area contributed by atoms with Gasteiger partial charge in [-0.1, -0.05) is 30.3 Å². The summed E-state index contributed by atoms with van der Waals surface area (Å²) in [5, 5.41) is 1.31. The van der Waals surface area contributed by atoms with E-state index in [9.17, 15) is 0 Å². The third kappa shape index (κ3) is 2.01. The van der Waals surface area contributed by atoms with Gasteiger partial charge in [-0.25, -0.2) is 0 Å². The van der Waals surface area contributed by atoms with Crippen molar-refractivity contribution in [3.8, 4) is 5.75 Å². The summed E-state index contributed by atoms with van der Waals surface area (Å²) in [5.41, 5.74) is 4.86. The fourth-order valence-electron chi connectivity index (χ4n) is 3.14. The Morgan fingerprint density at radius 1 is 1.14 bits per heavy atom. The van der Waals surface area contributed by atoms with E-state index in [0.29, 0.717) is 0 Å². The predicted octanol–water partition coefficient (Wildman–Crippen LogP) is 3.84. The lowest BCUT2D eigenvalue weighted by Gasteiger charge is -2.24. The van der Waals surface area contributed by atoms with Crippen molar-refractivity contribution in [3.63, 3.8) is 0 Å². The second kappa shape index (κ2) is 4.93. The summed E-state index contributed by atoms with van der Waals surface area (Å²) in [4.78, 5) is 3.54. The van der Waals surface area contributed by atoms with Crippen LogP contribution in [0.2, 0.25) is 0 Å². The van der Waals surface area contributed by atoms with Gasteiger partial charge in [0.05, 0.1) is 19.4 Å². The second-order valence-electron chi connectivity index (χ2n) is 5.34. The molecule has 0 amide bonds. The van der Waals surface area contributed by atoms with E-state index in [1.165, 1.54) is 22.2 Å². The van der Waals surface area contributed by atoms with E-state index in [1.807, 2.05) is 18.2 Å². The first kappa shape index (κ1) is 12.5. The van der Waals surface area contributed by atoms with Crippen molar-refractivity contribution in [2.75, 3.05) is 13.7 Å². The maximum absolute atomic E-state index is 6.03. The molecule has 0 unspecified atom stereocenters. The van der Waals surface area contributed by atoms with E-state index in [1.54, 1.807) is 7.11 Å². The van der Waals surface area contributed by atoms with E-state index in [2.05, 4.69) is 35.3 Å². The Bertz CT molecular complexity index is 791. The van der Waals surface area contributed by atoms with Crippen molar-refractivity contribution >= 4 is 10.9 Å². The van der Waals surface area contributed by atoms with E-state index in [-0.39, 0.29) is 6.10 Å². The molecule has 3 nitrogen and oxygen atoms in total. The normalized spacial score (nSPS) is 17.7. The highest BCUT2D eigenvalue weighted by Gasteiger charge is 2.26. The number of aromatic amines is 1. The van der Waals surface area contributed by atoms with E-state index in [4.69, 9.17) is 9.47 Å². The molecular weight excluding hydrogens is 262 g/mol. The molecule has 2 heterocycles. The number of ether oxygens (including phenoxy) is 2. The maximum atomic E-state index is 6.03. The van der Waals surface area contributed by atoms with Crippen LogP contribution in [-0.4, -0.2) is 18.7 Å². The molecule has 1 aliphatic rings. The molecule has 0 saturated heterocycles. The van der Waals surface area contributed by atoms with Gasteiger partial charge in [0.1, 0.15) is 11.9 Å². The first-order valence-electron chi connectivity index (χ1n) is 7.22. The van der Waals surface area contributed by atoms with Gasteiger partial charge in [-0.15, -0.1) is 0 Å². The van der Waals surface area contributed by atoms with Crippen LogP contribution in [0.5, 0.6) is 5.75 Å². The highest BCUT2D eigenvalue weighted by molar-refractivity contribution is 5.85. The highest BCUT2D eigenvalue weighted by Crippen LogP contribution is 2.37. The Morgan fingerprint density at radius 3 is 2.95 bits per heavy atom. The SMILES string of the molecule is COc1cccc([C@@H]2OCCc3c2[nH]c2ccccc32)c1. The van der Waals surface area contributed by atoms with Crippen LogP contribution in [0.25, 0.3) is 10.9 Å². The number of H-pyrrole nitrogens is 1. The number of fused-ring (bicyclic) bond motifs is 3. The molecule has 0 radical (unpaired) electrons. The van der Waals surface area contributed by atoms with Gasteiger partial charge < -0.3 is 14.5 Å². The molecule has 1 N–H and O–H groups in total. The standard InChI is InChI=1S/C18H17NO2/c1-20-13-6-4-5-12(11-13)18-17-15(9-10-21-18)14-7-2-3-8-16(14)19-17/h2-8,11,18-19H,9-10H2,1H3/t18-/m0/s1. The van der Waals surface area contributed by atoms with Gasteiger partial charge in [-0.2, -0.15) is 0 Å². The molecule has 21 heavy (non-hydrogen) atoms. The minimum Gasteiger partial charge on any atom is -0.497 e. The van der Waals surface area contributed by atoms with Crippen molar-refractivity contribution < 1.29 is 9.47 Å². The van der Waals surface area contributed by atoms with Gasteiger partial charge in [0, 0.05) is 10.9 Å². The molecule has 0 fully saturated rings. The van der Waals surface area contributed by atoms with Crippen LogP contribution in [-0.2, 0) is 11.2 Å². The molecule has 2 aromatic carbocycles. The number of rotatable bonds is 2. The van der Waals surface area contributed by atoms with Crippen molar-refractivity contribution in [2.24, 2.45) is 0 Å². The largest absolute Gasteiger partial charge is 0.497 e. The topological polar surface area (TPSA) is 34.2 Å². The van der Waals surface area contributed by atoms with Crippen LogP contribution in [0.15, 0.2) is 48.5 Å². The molecule has 0 saturated carbocycles. The molecule has 4 rings (SSSR count). The van der Waals surface area contributed by atoms with Crippen LogP contribution >= 0.6 is 0 Å². The van der Waals surface area contributed by atoms with E-state index < -0.39 is 0 Å². The Kier molecular flexibility index (Phi) is 2.93. The first-order chi connectivity index (χ1) is 10.4. The molecule has 0 spiro atoms. The van der Waals surface area contributed by atoms with Crippen molar-refractivity contribution in [1.29, 1.82) is 0 Å². The Morgan fingerprint density at radius 2 is 2.05 bits per heavy atom. The van der Waals surface area contributed by atoms with Gasteiger partial charge in [0.15, 0.2) is 0 Å². The van der Waals surface area contributed by atoms with E-state index in [0.717, 1.165) is 24.3 Å². The minimum absolute atomic E-state index is 0.0451. The summed E-state index contributed by atoms with van der Waals surface area (Å²) < 4.78 is 11.4. The number of hydrogen-bond acceptors (Lipinski definition) is 2. The highest BCUT2D eigenvalue weighted by atomic mass is 16.5. The molecule has 0 aliphatic carbocycles. The Balaban J connectivity index is 1.86. The van der Waals surface area contributed by atoms with Crippen LogP contribution in [0.3, 0.4) is 0 Å². The number of benzene rings is 2. The molecular formula is C18H17NO2. The van der Waals surface area contributed by atoms with Gasteiger partial charge in [0.2, 0.25) is 0 Å². The third-order valence-corrected chi connectivity index (χ3v) is 4.14. The molecule has 1 aromatic heterocycles. The molecule has 1 atom stereocenters. The molecule has 1 aliphatic heterocycles. The average Bonchev–Trinajstić information content (AvgIpc) is 2.93. The second-order valence-corrected chi connectivity index (χ2v) is 5.34. The number of methoxy groups -OCH3 is 1. The fraction of sp³-hybridized carbons (Fsp3) is 0.222. The zero-order valence-electron chi connectivity index (χ0n) is 11.9. The number of nitrogens with one attached hydrogen (secondary N) is 1. The van der Waals surface area contributed by atoms with Crippen LogP contribution < -0.4 is 4.74 Å². The monoisotopic (exact) mass is 279 g/mol. The van der Waals surface area contributed by atoms with Crippen LogP contribution in [0.1, 0.15) is 22.9 Å². The summed E-state index contributed by atoms with van der Waals surface area (Å²) in [6, 6.07) is 16.6. The fourth-order valence-corrected chi connectivity index (χ4v) is 3.14. The minimum atomic E-state index is -0.0451. The Hall–Kier alpha value is -2.26. The summed E-state index contributed by atoms with van der Waals surface area (Å²) in [5.74, 6) is 0.860. The average molecular weight is 279 g/mol. The molecule has 0 bridgehead atoms. The lowest BCUT2D eigenvalue weighted by Crippen LogP contribution is -2.16. The summed E-state index contributed by atoms with van der Waals surface area (Å²) in [7, 11) is 1.69. The van der Waals surface area contributed by atoms with Gasteiger partial charge >= 0.3 is 0 Å². The molecule has 106 valence electrons. The number of hydrogen-bond donors (Lipinski definition) is 1. The Labute approximate surface area is 123 Å². The van der Waals surface area contributed by atoms with Crippen molar-refractivity contribution in [3.05, 3.63) is 65.4 Å².